The minimum Gasteiger partial charge on any atom is -0.478 e. The van der Waals surface area contributed by atoms with Crippen molar-refractivity contribution in [3.8, 4) is 0 Å². The molecule has 0 radical (unpaired) electrons. The summed E-state index contributed by atoms with van der Waals surface area (Å²) in [6.07, 6.45) is 1.41. The summed E-state index contributed by atoms with van der Waals surface area (Å²) in [6.45, 7) is 0. The van der Waals surface area contributed by atoms with Crippen molar-refractivity contribution in [3.05, 3.63) is 172 Å². The molecule has 5 aromatic rings. The normalized spacial score (nSPS) is 11.6. The SMILES string of the molecule is O=C(Nc1cccc(SC(C(=O)Nc2cccc(C(=O)O)c2)c2ccccc2)c1)/C(=C\c1ccc([N+](=O)[O-])cc1)NC(=O)c1ccccc1. The van der Waals surface area contributed by atoms with Crippen LogP contribution in [0.1, 0.15) is 37.1 Å². The van der Waals surface area contributed by atoms with Gasteiger partial charge in [-0.2, -0.15) is 0 Å². The molecule has 0 saturated heterocycles. The number of non-ortho nitro benzene ring substituents is 1. The number of nitro benzene ring substituents is 1. The fourth-order valence-electron chi connectivity index (χ4n) is 4.62. The topological polar surface area (TPSA) is 168 Å². The first-order valence-corrected chi connectivity index (χ1v) is 15.6. The molecule has 244 valence electrons. The summed E-state index contributed by atoms with van der Waals surface area (Å²) >= 11 is 1.22. The van der Waals surface area contributed by atoms with Crippen molar-refractivity contribution < 1.29 is 29.2 Å². The maximum atomic E-state index is 13.6. The molecule has 0 spiro atoms. The van der Waals surface area contributed by atoms with E-state index in [1.807, 2.05) is 6.07 Å². The summed E-state index contributed by atoms with van der Waals surface area (Å²) in [6, 6.07) is 35.7. The number of benzene rings is 5. The number of carbonyl (C=O) groups is 4. The van der Waals surface area contributed by atoms with Gasteiger partial charge in [0, 0.05) is 34.0 Å². The molecule has 11 nitrogen and oxygen atoms in total. The molecular formula is C37H28N4O7S. The number of hydrogen-bond donors (Lipinski definition) is 4. The first-order valence-electron chi connectivity index (χ1n) is 14.8. The highest BCUT2D eigenvalue weighted by molar-refractivity contribution is 8.00. The van der Waals surface area contributed by atoms with Crippen LogP contribution in [-0.2, 0) is 9.59 Å². The molecule has 3 amide bonds. The highest BCUT2D eigenvalue weighted by atomic mass is 32.2. The lowest BCUT2D eigenvalue weighted by Gasteiger charge is -2.18. The van der Waals surface area contributed by atoms with Crippen molar-refractivity contribution in [2.24, 2.45) is 0 Å². The lowest BCUT2D eigenvalue weighted by atomic mass is 10.1. The van der Waals surface area contributed by atoms with E-state index in [4.69, 9.17) is 0 Å². The number of amides is 3. The van der Waals surface area contributed by atoms with Crippen LogP contribution in [0.15, 0.2) is 144 Å². The van der Waals surface area contributed by atoms with Gasteiger partial charge >= 0.3 is 5.97 Å². The van der Waals surface area contributed by atoms with Crippen molar-refractivity contribution in [3.63, 3.8) is 0 Å². The smallest absolute Gasteiger partial charge is 0.335 e. The zero-order chi connectivity index (χ0) is 34.8. The van der Waals surface area contributed by atoms with Crippen molar-refractivity contribution in [2.75, 3.05) is 10.6 Å². The molecule has 0 saturated carbocycles. The van der Waals surface area contributed by atoms with Crippen molar-refractivity contribution in [2.45, 2.75) is 10.1 Å². The quantitative estimate of drug-likeness (QED) is 0.0468. The fraction of sp³-hybridized carbons (Fsp3) is 0.0270. The van der Waals surface area contributed by atoms with Gasteiger partial charge in [0.05, 0.1) is 10.5 Å². The van der Waals surface area contributed by atoms with Gasteiger partial charge in [-0.15, -0.1) is 11.8 Å². The minimum atomic E-state index is -1.12. The third-order valence-corrected chi connectivity index (χ3v) is 8.26. The van der Waals surface area contributed by atoms with Crippen molar-refractivity contribution in [1.82, 2.24) is 5.32 Å². The molecule has 0 heterocycles. The van der Waals surface area contributed by atoms with Crippen LogP contribution in [0.25, 0.3) is 6.08 Å². The van der Waals surface area contributed by atoms with E-state index in [1.165, 1.54) is 54.2 Å². The van der Waals surface area contributed by atoms with E-state index in [0.29, 0.717) is 33.0 Å². The summed E-state index contributed by atoms with van der Waals surface area (Å²) in [5.74, 6) is -2.68. The number of aromatic carboxylic acids is 1. The van der Waals surface area contributed by atoms with Crippen LogP contribution in [-0.4, -0.2) is 33.7 Å². The Kier molecular flexibility index (Phi) is 10.9. The number of carbonyl (C=O) groups excluding carboxylic acids is 3. The van der Waals surface area contributed by atoms with E-state index in [2.05, 4.69) is 16.0 Å². The molecule has 0 aliphatic heterocycles. The Bertz CT molecular complexity index is 2040. The lowest BCUT2D eigenvalue weighted by molar-refractivity contribution is -0.384. The summed E-state index contributed by atoms with van der Waals surface area (Å²) in [5, 5.41) is 27.9. The van der Waals surface area contributed by atoms with Crippen molar-refractivity contribution in [1.29, 1.82) is 0 Å². The number of anilines is 2. The van der Waals surface area contributed by atoms with Crippen LogP contribution < -0.4 is 16.0 Å². The Hall–Kier alpha value is -6.53. The second-order valence-corrected chi connectivity index (χ2v) is 11.7. The Morgan fingerprint density at radius 2 is 1.33 bits per heavy atom. The average molecular weight is 673 g/mol. The molecule has 0 aliphatic rings. The van der Waals surface area contributed by atoms with E-state index in [0.717, 1.165) is 0 Å². The van der Waals surface area contributed by atoms with Crippen molar-refractivity contribution >= 4 is 58.6 Å². The molecule has 49 heavy (non-hydrogen) atoms. The standard InChI is InChI=1S/C37H28N4O7S/c42-34(26-11-5-2-6-12-26)40-32(21-24-17-19-30(20-18-24)41(47)48)35(43)38-29-15-8-16-31(23-29)49-33(25-9-3-1-4-10-25)36(44)39-28-14-7-13-27(22-28)37(45)46/h1-23,33H,(H,38,43)(H,39,44)(H,40,42)(H,45,46)/b32-21+. The summed E-state index contributed by atoms with van der Waals surface area (Å²) < 4.78 is 0. The van der Waals surface area contributed by atoms with E-state index < -0.39 is 28.0 Å². The predicted molar refractivity (Wildman–Crippen MR) is 187 cm³/mol. The third kappa shape index (κ3) is 9.27. The molecule has 12 heteroatoms. The number of thioether (sulfide) groups is 1. The van der Waals surface area contributed by atoms with Crippen LogP contribution in [0.2, 0.25) is 0 Å². The number of carboxylic acid groups (broad SMARTS) is 1. The van der Waals surface area contributed by atoms with Crippen LogP contribution >= 0.6 is 11.8 Å². The van der Waals surface area contributed by atoms with Gasteiger partial charge in [-0.05, 0) is 77.9 Å². The second kappa shape index (κ2) is 15.8. The zero-order valence-corrected chi connectivity index (χ0v) is 26.4. The first-order chi connectivity index (χ1) is 23.7. The molecule has 0 aliphatic carbocycles. The zero-order valence-electron chi connectivity index (χ0n) is 25.6. The maximum Gasteiger partial charge on any atom is 0.335 e. The van der Waals surface area contributed by atoms with Gasteiger partial charge in [0.2, 0.25) is 5.91 Å². The van der Waals surface area contributed by atoms with E-state index in [-0.39, 0.29) is 22.9 Å². The van der Waals surface area contributed by atoms with E-state index in [9.17, 15) is 34.4 Å². The highest BCUT2D eigenvalue weighted by Gasteiger charge is 2.23. The van der Waals surface area contributed by atoms with Crippen LogP contribution in [0, 0.1) is 10.1 Å². The molecule has 0 aromatic heterocycles. The van der Waals surface area contributed by atoms with Gasteiger partial charge in [-0.3, -0.25) is 24.5 Å². The second-order valence-electron chi connectivity index (χ2n) is 10.5. The van der Waals surface area contributed by atoms with Crippen LogP contribution in [0.5, 0.6) is 0 Å². The predicted octanol–water partition coefficient (Wildman–Crippen LogP) is 7.17. The van der Waals surface area contributed by atoms with Gasteiger partial charge in [0.1, 0.15) is 10.9 Å². The Morgan fingerprint density at radius 3 is 1.98 bits per heavy atom. The molecule has 0 bridgehead atoms. The molecule has 0 fully saturated rings. The summed E-state index contributed by atoms with van der Waals surface area (Å²) in [7, 11) is 0. The average Bonchev–Trinajstić information content (AvgIpc) is 3.11. The Morgan fingerprint density at radius 1 is 0.714 bits per heavy atom. The molecular weight excluding hydrogens is 644 g/mol. The van der Waals surface area contributed by atoms with Gasteiger partial charge in [-0.25, -0.2) is 4.79 Å². The van der Waals surface area contributed by atoms with Gasteiger partial charge < -0.3 is 21.1 Å². The van der Waals surface area contributed by atoms with Gasteiger partial charge in [0.15, 0.2) is 0 Å². The number of carboxylic acids is 1. The highest BCUT2D eigenvalue weighted by Crippen LogP contribution is 2.37. The van der Waals surface area contributed by atoms with E-state index in [1.54, 1.807) is 91.0 Å². The van der Waals surface area contributed by atoms with Crippen LogP contribution in [0.4, 0.5) is 17.1 Å². The molecule has 1 unspecified atom stereocenters. The molecule has 4 N–H and O–H groups in total. The summed E-state index contributed by atoms with van der Waals surface area (Å²) in [5.41, 5.74) is 1.98. The first kappa shape index (κ1) is 33.8. The number of nitro groups is 1. The lowest BCUT2D eigenvalue weighted by Crippen LogP contribution is -2.30. The minimum absolute atomic E-state index is 0.0344. The Balaban J connectivity index is 1.38. The molecule has 5 aromatic carbocycles. The molecule has 5 rings (SSSR count). The summed E-state index contributed by atoms with van der Waals surface area (Å²) in [4.78, 5) is 62.8. The number of rotatable bonds is 12. The monoisotopic (exact) mass is 672 g/mol. The maximum absolute atomic E-state index is 13.6. The molecule has 1 atom stereocenters. The third-order valence-electron chi connectivity index (χ3n) is 7.01. The number of hydrogen-bond acceptors (Lipinski definition) is 7. The largest absolute Gasteiger partial charge is 0.478 e. The van der Waals surface area contributed by atoms with Gasteiger partial charge in [-0.1, -0.05) is 60.7 Å². The van der Waals surface area contributed by atoms with Gasteiger partial charge in [0.25, 0.3) is 17.5 Å². The number of nitrogens with zero attached hydrogens (tertiary/aromatic N) is 1. The fourth-order valence-corrected chi connectivity index (χ4v) is 5.71. The number of nitrogens with one attached hydrogen (secondary N) is 3. The van der Waals surface area contributed by atoms with Crippen LogP contribution in [0.3, 0.4) is 0 Å². The Labute approximate surface area is 284 Å². The van der Waals surface area contributed by atoms with E-state index >= 15 is 0 Å².